The first-order valence-electron chi connectivity index (χ1n) is 9.27. The van der Waals surface area contributed by atoms with E-state index in [2.05, 4.69) is 54.5 Å². The summed E-state index contributed by atoms with van der Waals surface area (Å²) in [7, 11) is 0. The molecule has 0 radical (unpaired) electrons. The second-order valence-electron chi connectivity index (χ2n) is 7.51. The van der Waals surface area contributed by atoms with Gasteiger partial charge in [-0.15, -0.1) is 0 Å². The van der Waals surface area contributed by atoms with Gasteiger partial charge in [0.1, 0.15) is 0 Å². The number of unbranched alkanes of at least 4 members (excludes halogenated alkanes) is 2. The smallest absolute Gasteiger partial charge is 0.0624 e. The van der Waals surface area contributed by atoms with Crippen molar-refractivity contribution in [2.45, 2.75) is 87.0 Å². The Kier molecular flexibility index (Phi) is 10.8. The second kappa shape index (κ2) is 11.1. The fourth-order valence-corrected chi connectivity index (χ4v) is 3.77. The van der Waals surface area contributed by atoms with Crippen LogP contribution in [0.15, 0.2) is 0 Å². The van der Waals surface area contributed by atoms with Crippen LogP contribution in [0.1, 0.15) is 87.0 Å². The third-order valence-corrected chi connectivity index (χ3v) is 5.99. The molecular formula is C20H39N. The Hall–Kier alpha value is -0.510. The molecule has 5 unspecified atom stereocenters. The summed E-state index contributed by atoms with van der Waals surface area (Å²) >= 11 is 0. The van der Waals surface area contributed by atoms with Gasteiger partial charge < -0.3 is 0 Å². The summed E-state index contributed by atoms with van der Waals surface area (Å²) < 4.78 is 0. The van der Waals surface area contributed by atoms with Gasteiger partial charge >= 0.3 is 0 Å². The Morgan fingerprint density at radius 3 is 1.90 bits per heavy atom. The van der Waals surface area contributed by atoms with Gasteiger partial charge in [-0.05, 0) is 41.9 Å². The van der Waals surface area contributed by atoms with Crippen molar-refractivity contribution in [1.29, 1.82) is 5.26 Å². The largest absolute Gasteiger partial charge is 0.198 e. The van der Waals surface area contributed by atoms with Crippen LogP contribution in [0.4, 0.5) is 0 Å². The maximum atomic E-state index is 9.06. The summed E-state index contributed by atoms with van der Waals surface area (Å²) in [4.78, 5) is 0. The highest BCUT2D eigenvalue weighted by atomic mass is 14.4. The molecule has 1 heteroatoms. The highest BCUT2D eigenvalue weighted by Crippen LogP contribution is 2.39. The summed E-state index contributed by atoms with van der Waals surface area (Å²) in [6.07, 6.45) is 7.25. The molecular weight excluding hydrogens is 254 g/mol. The standard InChI is InChI=1S/C20H39N/c1-8-10-11-12-20(16(5)15(3)4)18(7)17(6)19(9-2)13-14-21/h15-20H,8-13H2,1-7H3. The lowest BCUT2D eigenvalue weighted by Gasteiger charge is -2.38. The van der Waals surface area contributed by atoms with Gasteiger partial charge in [-0.2, -0.15) is 5.26 Å². The van der Waals surface area contributed by atoms with E-state index >= 15 is 0 Å². The van der Waals surface area contributed by atoms with Crippen LogP contribution in [0.3, 0.4) is 0 Å². The second-order valence-corrected chi connectivity index (χ2v) is 7.51. The van der Waals surface area contributed by atoms with E-state index < -0.39 is 0 Å². The summed E-state index contributed by atoms with van der Waals surface area (Å²) in [5.41, 5.74) is 0. The maximum Gasteiger partial charge on any atom is 0.0624 e. The van der Waals surface area contributed by atoms with Gasteiger partial charge in [-0.3, -0.25) is 0 Å². The first-order valence-corrected chi connectivity index (χ1v) is 9.27. The number of nitriles is 1. The fraction of sp³-hybridized carbons (Fsp3) is 0.950. The van der Waals surface area contributed by atoms with Crippen LogP contribution in [0, 0.1) is 46.8 Å². The van der Waals surface area contributed by atoms with Crippen molar-refractivity contribution in [3.8, 4) is 6.07 Å². The molecule has 0 aliphatic heterocycles. The lowest BCUT2D eigenvalue weighted by molar-refractivity contribution is 0.114. The average molecular weight is 294 g/mol. The van der Waals surface area contributed by atoms with Crippen molar-refractivity contribution in [1.82, 2.24) is 0 Å². The Morgan fingerprint density at radius 2 is 1.48 bits per heavy atom. The number of hydrogen-bond donors (Lipinski definition) is 0. The molecule has 0 heterocycles. The average Bonchev–Trinajstić information content (AvgIpc) is 2.47. The molecule has 124 valence electrons. The molecule has 0 bridgehead atoms. The monoisotopic (exact) mass is 293 g/mol. The van der Waals surface area contributed by atoms with Crippen molar-refractivity contribution in [3.05, 3.63) is 0 Å². The first kappa shape index (κ1) is 20.5. The highest BCUT2D eigenvalue weighted by Gasteiger charge is 2.31. The molecule has 0 amide bonds. The molecule has 0 aliphatic carbocycles. The molecule has 5 atom stereocenters. The van der Waals surface area contributed by atoms with Crippen molar-refractivity contribution in [3.63, 3.8) is 0 Å². The normalized spacial score (nSPS) is 18.8. The summed E-state index contributed by atoms with van der Waals surface area (Å²) in [5.74, 6) is 4.28. The lowest BCUT2D eigenvalue weighted by Crippen LogP contribution is -2.31. The third-order valence-electron chi connectivity index (χ3n) is 5.99. The molecule has 21 heavy (non-hydrogen) atoms. The predicted octanol–water partition coefficient (Wildman–Crippen LogP) is 6.69. The van der Waals surface area contributed by atoms with Crippen LogP contribution in [-0.2, 0) is 0 Å². The fourth-order valence-electron chi connectivity index (χ4n) is 3.77. The highest BCUT2D eigenvalue weighted by molar-refractivity contribution is 4.84. The van der Waals surface area contributed by atoms with Gasteiger partial charge in [0, 0.05) is 6.42 Å². The predicted molar refractivity (Wildman–Crippen MR) is 94.0 cm³/mol. The van der Waals surface area contributed by atoms with E-state index in [0.29, 0.717) is 11.8 Å². The molecule has 0 saturated carbocycles. The van der Waals surface area contributed by atoms with E-state index in [1.165, 1.54) is 25.7 Å². The molecule has 0 aromatic carbocycles. The van der Waals surface area contributed by atoms with Crippen molar-refractivity contribution in [2.24, 2.45) is 35.5 Å². The molecule has 0 aliphatic rings. The van der Waals surface area contributed by atoms with E-state index in [9.17, 15) is 0 Å². The zero-order chi connectivity index (χ0) is 16.4. The Morgan fingerprint density at radius 1 is 0.857 bits per heavy atom. The van der Waals surface area contributed by atoms with Crippen molar-refractivity contribution in [2.75, 3.05) is 0 Å². The van der Waals surface area contributed by atoms with Gasteiger partial charge in [-0.1, -0.05) is 74.1 Å². The molecule has 0 fully saturated rings. The lowest BCUT2D eigenvalue weighted by atomic mass is 9.67. The molecule has 0 N–H and O–H groups in total. The van der Waals surface area contributed by atoms with Crippen LogP contribution < -0.4 is 0 Å². The molecule has 0 aromatic heterocycles. The van der Waals surface area contributed by atoms with E-state index in [4.69, 9.17) is 5.26 Å². The minimum Gasteiger partial charge on any atom is -0.198 e. The van der Waals surface area contributed by atoms with Crippen LogP contribution in [-0.4, -0.2) is 0 Å². The molecule has 0 saturated heterocycles. The summed E-state index contributed by atoms with van der Waals surface area (Å²) in [6, 6.07) is 2.40. The molecule has 1 nitrogen and oxygen atoms in total. The number of rotatable bonds is 11. The zero-order valence-electron chi connectivity index (χ0n) is 15.7. The van der Waals surface area contributed by atoms with Gasteiger partial charge in [0.15, 0.2) is 0 Å². The van der Waals surface area contributed by atoms with E-state index in [0.717, 1.165) is 36.5 Å². The zero-order valence-corrected chi connectivity index (χ0v) is 15.7. The van der Waals surface area contributed by atoms with Crippen molar-refractivity contribution >= 4 is 0 Å². The Bertz CT molecular complexity index is 289. The Balaban J connectivity index is 4.89. The minimum atomic E-state index is 0.568. The molecule has 0 spiro atoms. The van der Waals surface area contributed by atoms with Crippen LogP contribution in [0.25, 0.3) is 0 Å². The van der Waals surface area contributed by atoms with Crippen LogP contribution >= 0.6 is 0 Å². The molecule has 0 rings (SSSR count). The minimum absolute atomic E-state index is 0.568. The summed E-state index contributed by atoms with van der Waals surface area (Å²) in [6.45, 7) is 16.5. The SMILES string of the molecule is CCCCCC(C(C)C(C)C)C(C)C(C)C(CC)CC#N. The van der Waals surface area contributed by atoms with E-state index in [-0.39, 0.29) is 0 Å². The van der Waals surface area contributed by atoms with Crippen molar-refractivity contribution < 1.29 is 0 Å². The maximum absolute atomic E-state index is 9.06. The van der Waals surface area contributed by atoms with Crippen LogP contribution in [0.5, 0.6) is 0 Å². The van der Waals surface area contributed by atoms with Gasteiger partial charge in [0.05, 0.1) is 6.07 Å². The number of hydrogen-bond acceptors (Lipinski definition) is 1. The third kappa shape index (κ3) is 6.86. The van der Waals surface area contributed by atoms with Crippen LogP contribution in [0.2, 0.25) is 0 Å². The Labute approximate surface area is 134 Å². The van der Waals surface area contributed by atoms with E-state index in [1.54, 1.807) is 0 Å². The topological polar surface area (TPSA) is 23.8 Å². The van der Waals surface area contributed by atoms with Gasteiger partial charge in [-0.25, -0.2) is 0 Å². The quantitative estimate of drug-likeness (QED) is 0.389. The van der Waals surface area contributed by atoms with Gasteiger partial charge in [0.25, 0.3) is 0 Å². The van der Waals surface area contributed by atoms with E-state index in [1.807, 2.05) is 0 Å². The summed E-state index contributed by atoms with van der Waals surface area (Å²) in [5, 5.41) is 9.06. The first-order chi connectivity index (χ1) is 9.90. The molecule has 0 aromatic rings. The number of nitrogens with zero attached hydrogens (tertiary/aromatic N) is 1. The van der Waals surface area contributed by atoms with Gasteiger partial charge in [0.2, 0.25) is 0 Å².